The van der Waals surface area contributed by atoms with Gasteiger partial charge in [0.2, 0.25) is 0 Å². The number of methoxy groups -OCH3 is 1. The molecular weight excluding hydrogens is 360 g/mol. The predicted molar refractivity (Wildman–Crippen MR) is 95.1 cm³/mol. The summed E-state index contributed by atoms with van der Waals surface area (Å²) < 4.78 is 9.97. The molecule has 26 heavy (non-hydrogen) atoms. The summed E-state index contributed by atoms with van der Waals surface area (Å²) in [7, 11) is 1.25. The van der Waals surface area contributed by atoms with Gasteiger partial charge in [0.15, 0.2) is 6.61 Å². The maximum Gasteiger partial charge on any atom is 0.337 e. The minimum absolute atomic E-state index is 0.197. The Labute approximate surface area is 155 Å². The minimum atomic E-state index is -0.577. The van der Waals surface area contributed by atoms with Crippen LogP contribution in [0.4, 0.5) is 0 Å². The first-order valence-electron chi connectivity index (χ1n) is 7.57. The molecule has 0 aliphatic rings. The van der Waals surface area contributed by atoms with Crippen molar-refractivity contribution in [2.75, 3.05) is 13.7 Å². The topological polar surface area (TPSA) is 93.7 Å². The lowest BCUT2D eigenvalue weighted by atomic mass is 10.1. The number of halogens is 1. The Morgan fingerprint density at radius 2 is 1.77 bits per heavy atom. The van der Waals surface area contributed by atoms with Gasteiger partial charge in [-0.25, -0.2) is 4.79 Å². The van der Waals surface area contributed by atoms with E-state index < -0.39 is 17.8 Å². The van der Waals surface area contributed by atoms with Gasteiger partial charge in [0.1, 0.15) is 5.75 Å². The lowest BCUT2D eigenvalue weighted by molar-refractivity contribution is -0.123. The molecule has 0 aliphatic carbocycles. The first-order chi connectivity index (χ1) is 12.4. The van der Waals surface area contributed by atoms with E-state index >= 15 is 0 Å². The number of carbonyl (C=O) groups is 3. The molecule has 0 atom stereocenters. The molecule has 2 N–H and O–H groups in total. The third-order valence-electron chi connectivity index (χ3n) is 3.36. The third-order valence-corrected chi connectivity index (χ3v) is 3.59. The van der Waals surface area contributed by atoms with Gasteiger partial charge in [-0.2, -0.15) is 0 Å². The Balaban J connectivity index is 1.87. The van der Waals surface area contributed by atoms with E-state index in [4.69, 9.17) is 16.3 Å². The van der Waals surface area contributed by atoms with E-state index in [-0.39, 0.29) is 17.7 Å². The van der Waals surface area contributed by atoms with Gasteiger partial charge in [0.25, 0.3) is 11.8 Å². The lowest BCUT2D eigenvalue weighted by Crippen LogP contribution is -2.43. The number of hydrogen-bond acceptors (Lipinski definition) is 5. The summed E-state index contributed by atoms with van der Waals surface area (Å²) in [6.45, 7) is 1.51. The van der Waals surface area contributed by atoms with Gasteiger partial charge in [-0.15, -0.1) is 0 Å². The third kappa shape index (κ3) is 5.22. The number of hydrazine groups is 1. The smallest absolute Gasteiger partial charge is 0.337 e. The molecule has 8 heteroatoms. The van der Waals surface area contributed by atoms with E-state index in [2.05, 4.69) is 15.6 Å². The van der Waals surface area contributed by atoms with Crippen LogP contribution in [0.25, 0.3) is 0 Å². The van der Waals surface area contributed by atoms with Crippen LogP contribution in [0.1, 0.15) is 26.3 Å². The van der Waals surface area contributed by atoms with Crippen molar-refractivity contribution in [2.45, 2.75) is 6.92 Å². The van der Waals surface area contributed by atoms with Crippen molar-refractivity contribution in [3.05, 3.63) is 64.2 Å². The highest BCUT2D eigenvalue weighted by molar-refractivity contribution is 6.30. The number of amides is 2. The molecule has 0 saturated carbocycles. The van der Waals surface area contributed by atoms with Gasteiger partial charge in [0.05, 0.1) is 12.7 Å². The molecule has 136 valence electrons. The summed E-state index contributed by atoms with van der Waals surface area (Å²) in [5.74, 6) is -1.17. The maximum absolute atomic E-state index is 12.0. The molecule has 0 saturated heterocycles. The van der Waals surface area contributed by atoms with Crippen molar-refractivity contribution in [3.63, 3.8) is 0 Å². The first-order valence-corrected chi connectivity index (χ1v) is 7.95. The van der Waals surface area contributed by atoms with E-state index in [0.717, 1.165) is 5.56 Å². The number of nitrogens with one attached hydrogen (secondary N) is 2. The van der Waals surface area contributed by atoms with Crippen molar-refractivity contribution >= 4 is 29.4 Å². The maximum atomic E-state index is 12.0. The van der Waals surface area contributed by atoms with Gasteiger partial charge in [-0.05, 0) is 48.9 Å². The molecule has 0 aromatic heterocycles. The standard InChI is InChI=1S/C18H17ClN2O5/c1-11-8-14(19)6-7-15(11)26-10-16(22)20-21-17(23)12-4-3-5-13(9-12)18(24)25-2/h3-9H,10H2,1-2H3,(H,20,22)(H,21,23). The minimum Gasteiger partial charge on any atom is -0.483 e. The summed E-state index contributed by atoms with van der Waals surface area (Å²) in [5.41, 5.74) is 5.70. The Bertz CT molecular complexity index is 838. The van der Waals surface area contributed by atoms with Gasteiger partial charge in [-0.1, -0.05) is 17.7 Å². The lowest BCUT2D eigenvalue weighted by Gasteiger charge is -2.11. The molecule has 2 aromatic rings. The molecule has 0 bridgehead atoms. The van der Waals surface area contributed by atoms with E-state index in [1.54, 1.807) is 25.1 Å². The summed E-state index contributed by atoms with van der Waals surface area (Å²) >= 11 is 5.85. The number of rotatable bonds is 5. The SMILES string of the molecule is COC(=O)c1cccc(C(=O)NNC(=O)COc2ccc(Cl)cc2C)c1. The molecule has 0 spiro atoms. The predicted octanol–water partition coefficient (Wildman–Crippen LogP) is 2.28. The van der Waals surface area contributed by atoms with Crippen LogP contribution in [0.15, 0.2) is 42.5 Å². The second-order valence-electron chi connectivity index (χ2n) is 5.27. The van der Waals surface area contributed by atoms with E-state index in [1.165, 1.54) is 31.4 Å². The van der Waals surface area contributed by atoms with Crippen LogP contribution in [0.2, 0.25) is 5.02 Å². The Hall–Kier alpha value is -3.06. The van der Waals surface area contributed by atoms with Crippen molar-refractivity contribution in [3.8, 4) is 5.75 Å². The fraction of sp³-hybridized carbons (Fsp3) is 0.167. The summed E-state index contributed by atoms with van der Waals surface area (Å²) in [4.78, 5) is 35.3. The van der Waals surface area contributed by atoms with Crippen LogP contribution >= 0.6 is 11.6 Å². The normalized spacial score (nSPS) is 9.96. The molecule has 0 heterocycles. The zero-order chi connectivity index (χ0) is 19.1. The number of aryl methyl sites for hydroxylation is 1. The second kappa shape index (κ2) is 8.87. The largest absolute Gasteiger partial charge is 0.483 e. The van der Waals surface area contributed by atoms with E-state index in [0.29, 0.717) is 10.8 Å². The van der Waals surface area contributed by atoms with Gasteiger partial charge >= 0.3 is 5.97 Å². The molecule has 0 radical (unpaired) electrons. The number of esters is 1. The second-order valence-corrected chi connectivity index (χ2v) is 5.71. The number of hydrogen-bond donors (Lipinski definition) is 2. The van der Waals surface area contributed by atoms with Crippen LogP contribution in [0, 0.1) is 6.92 Å². The highest BCUT2D eigenvalue weighted by atomic mass is 35.5. The Morgan fingerprint density at radius 1 is 1.04 bits per heavy atom. The monoisotopic (exact) mass is 376 g/mol. The van der Waals surface area contributed by atoms with Gasteiger partial charge < -0.3 is 9.47 Å². The van der Waals surface area contributed by atoms with Crippen LogP contribution in [-0.4, -0.2) is 31.5 Å². The Morgan fingerprint density at radius 3 is 2.46 bits per heavy atom. The molecule has 2 amide bonds. The van der Waals surface area contributed by atoms with Crippen LogP contribution in [-0.2, 0) is 9.53 Å². The highest BCUT2D eigenvalue weighted by Crippen LogP contribution is 2.21. The van der Waals surface area contributed by atoms with Gasteiger partial charge in [-0.3, -0.25) is 20.4 Å². The molecule has 2 aromatic carbocycles. The molecular formula is C18H17ClN2O5. The van der Waals surface area contributed by atoms with Crippen molar-refractivity contribution in [2.24, 2.45) is 0 Å². The zero-order valence-corrected chi connectivity index (χ0v) is 14.9. The Kier molecular flexibility index (Phi) is 6.57. The molecule has 0 aliphatic heterocycles. The van der Waals surface area contributed by atoms with Gasteiger partial charge in [0, 0.05) is 10.6 Å². The quantitative estimate of drug-likeness (QED) is 0.616. The van der Waals surface area contributed by atoms with Crippen molar-refractivity contribution in [1.82, 2.24) is 10.9 Å². The van der Waals surface area contributed by atoms with Crippen LogP contribution in [0.5, 0.6) is 5.75 Å². The summed E-state index contributed by atoms with van der Waals surface area (Å²) in [6.07, 6.45) is 0. The average molecular weight is 377 g/mol. The number of benzene rings is 2. The number of carbonyl (C=O) groups excluding carboxylic acids is 3. The van der Waals surface area contributed by atoms with Crippen LogP contribution in [0.3, 0.4) is 0 Å². The van der Waals surface area contributed by atoms with Crippen molar-refractivity contribution in [1.29, 1.82) is 0 Å². The number of ether oxygens (including phenoxy) is 2. The summed E-state index contributed by atoms with van der Waals surface area (Å²) in [5, 5.41) is 0.570. The molecule has 0 unspecified atom stereocenters. The highest BCUT2D eigenvalue weighted by Gasteiger charge is 2.12. The molecule has 2 rings (SSSR count). The fourth-order valence-electron chi connectivity index (χ4n) is 2.06. The molecule has 0 fully saturated rings. The fourth-order valence-corrected chi connectivity index (χ4v) is 2.28. The zero-order valence-electron chi connectivity index (χ0n) is 14.2. The summed E-state index contributed by atoms with van der Waals surface area (Å²) in [6, 6.07) is 10.9. The first kappa shape index (κ1) is 19.3. The van der Waals surface area contributed by atoms with Crippen LogP contribution < -0.4 is 15.6 Å². The van der Waals surface area contributed by atoms with E-state index in [1.807, 2.05) is 0 Å². The average Bonchev–Trinajstić information content (AvgIpc) is 2.64. The molecule has 7 nitrogen and oxygen atoms in total. The van der Waals surface area contributed by atoms with Crippen molar-refractivity contribution < 1.29 is 23.9 Å². The van der Waals surface area contributed by atoms with E-state index in [9.17, 15) is 14.4 Å².